The van der Waals surface area contributed by atoms with E-state index in [0.29, 0.717) is 5.11 Å². The lowest BCUT2D eigenvalue weighted by molar-refractivity contribution is 0.696. The number of aryl methyl sites for hydroxylation is 2. The molecule has 0 unspecified atom stereocenters. The van der Waals surface area contributed by atoms with Crippen molar-refractivity contribution in [2.24, 2.45) is 0 Å². The molecule has 2 aromatic rings. The second-order valence-electron chi connectivity index (χ2n) is 4.89. The molecular weight excluding hydrogens is 266 g/mol. The van der Waals surface area contributed by atoms with E-state index in [1.165, 1.54) is 11.1 Å². The molecule has 0 bridgehead atoms. The summed E-state index contributed by atoms with van der Waals surface area (Å²) in [6.07, 6.45) is 1.79. The van der Waals surface area contributed by atoms with Crippen LogP contribution in [-0.2, 0) is 0 Å². The van der Waals surface area contributed by atoms with Crippen LogP contribution in [0.2, 0.25) is 0 Å². The molecule has 1 heterocycles. The molecule has 0 saturated carbocycles. The van der Waals surface area contributed by atoms with Gasteiger partial charge in [0.2, 0.25) is 0 Å². The third-order valence-corrected chi connectivity index (χ3v) is 3.34. The Morgan fingerprint density at radius 3 is 2.70 bits per heavy atom. The lowest BCUT2D eigenvalue weighted by Gasteiger charge is -2.17. The summed E-state index contributed by atoms with van der Waals surface area (Å²) in [5, 5.41) is 7.10. The molecule has 0 aliphatic heterocycles. The van der Waals surface area contributed by atoms with Gasteiger partial charge in [-0.2, -0.15) is 0 Å². The molecule has 0 amide bonds. The van der Waals surface area contributed by atoms with Crippen molar-refractivity contribution in [3.05, 3.63) is 59.4 Å². The first-order chi connectivity index (χ1) is 9.56. The summed E-state index contributed by atoms with van der Waals surface area (Å²) in [5.41, 5.74) is 4.39. The molecule has 4 heteroatoms. The average Bonchev–Trinajstić information content (AvgIpc) is 2.43. The number of hydrogen-bond donors (Lipinski definition) is 2. The van der Waals surface area contributed by atoms with Crippen molar-refractivity contribution in [3.63, 3.8) is 0 Å². The largest absolute Gasteiger partial charge is 0.354 e. The zero-order chi connectivity index (χ0) is 14.5. The van der Waals surface area contributed by atoms with Gasteiger partial charge in [0.25, 0.3) is 0 Å². The molecule has 0 spiro atoms. The van der Waals surface area contributed by atoms with E-state index in [2.05, 4.69) is 47.7 Å². The van der Waals surface area contributed by atoms with Crippen molar-refractivity contribution in [2.45, 2.75) is 26.8 Å². The number of nitrogens with one attached hydrogen (secondary N) is 2. The summed E-state index contributed by atoms with van der Waals surface area (Å²) in [5.74, 6) is 0. The fourth-order valence-electron chi connectivity index (χ4n) is 1.93. The van der Waals surface area contributed by atoms with E-state index in [9.17, 15) is 0 Å². The molecule has 0 fully saturated rings. The fourth-order valence-corrected chi connectivity index (χ4v) is 2.22. The number of benzene rings is 1. The first-order valence-electron chi connectivity index (χ1n) is 6.62. The molecule has 2 N–H and O–H groups in total. The zero-order valence-electron chi connectivity index (χ0n) is 12.0. The van der Waals surface area contributed by atoms with E-state index < -0.39 is 0 Å². The molecule has 1 aromatic carbocycles. The quantitative estimate of drug-likeness (QED) is 0.842. The van der Waals surface area contributed by atoms with Crippen LogP contribution in [0.3, 0.4) is 0 Å². The van der Waals surface area contributed by atoms with Crippen LogP contribution in [0.1, 0.15) is 29.8 Å². The second-order valence-corrected chi connectivity index (χ2v) is 5.30. The standard InChI is InChI=1S/C16H19N3S/c1-11-7-8-12(2)15(10-11)19-16(20)18-13(3)14-6-4-5-9-17-14/h4-10,13H,1-3H3,(H2,18,19,20)/t13-/m0/s1. The topological polar surface area (TPSA) is 37.0 Å². The van der Waals surface area contributed by atoms with Gasteiger partial charge in [0.15, 0.2) is 5.11 Å². The Kier molecular flexibility index (Phi) is 4.69. The Balaban J connectivity index is 2.01. The number of anilines is 1. The fraction of sp³-hybridized carbons (Fsp3) is 0.250. The molecule has 1 atom stereocenters. The van der Waals surface area contributed by atoms with Crippen molar-refractivity contribution >= 4 is 23.0 Å². The Bertz CT molecular complexity index is 596. The number of pyridine rings is 1. The van der Waals surface area contributed by atoms with Crippen LogP contribution in [0.15, 0.2) is 42.6 Å². The van der Waals surface area contributed by atoms with Gasteiger partial charge in [-0.1, -0.05) is 18.2 Å². The number of aromatic nitrogens is 1. The van der Waals surface area contributed by atoms with Crippen LogP contribution in [0, 0.1) is 13.8 Å². The number of hydrogen-bond acceptors (Lipinski definition) is 2. The minimum atomic E-state index is 0.0707. The van der Waals surface area contributed by atoms with E-state index in [4.69, 9.17) is 12.2 Å². The highest BCUT2D eigenvalue weighted by molar-refractivity contribution is 7.80. The summed E-state index contributed by atoms with van der Waals surface area (Å²) in [4.78, 5) is 4.32. The predicted molar refractivity (Wildman–Crippen MR) is 87.9 cm³/mol. The summed E-state index contributed by atoms with van der Waals surface area (Å²) in [6, 6.07) is 12.2. The molecule has 0 aliphatic carbocycles. The van der Waals surface area contributed by atoms with Crippen LogP contribution < -0.4 is 10.6 Å². The normalized spacial score (nSPS) is 11.8. The lowest BCUT2D eigenvalue weighted by Crippen LogP contribution is -2.31. The molecule has 0 radical (unpaired) electrons. The minimum absolute atomic E-state index is 0.0707. The number of rotatable bonds is 3. The Hall–Kier alpha value is -1.94. The Morgan fingerprint density at radius 2 is 2.00 bits per heavy atom. The van der Waals surface area contributed by atoms with Crippen LogP contribution >= 0.6 is 12.2 Å². The average molecular weight is 285 g/mol. The van der Waals surface area contributed by atoms with E-state index in [0.717, 1.165) is 11.4 Å². The van der Waals surface area contributed by atoms with Crippen molar-refractivity contribution in [1.29, 1.82) is 0 Å². The molecule has 3 nitrogen and oxygen atoms in total. The minimum Gasteiger partial charge on any atom is -0.354 e. The van der Waals surface area contributed by atoms with E-state index in [-0.39, 0.29) is 6.04 Å². The summed E-state index contributed by atoms with van der Waals surface area (Å²) < 4.78 is 0. The van der Waals surface area contributed by atoms with Gasteiger partial charge < -0.3 is 10.6 Å². The number of nitrogens with zero attached hydrogens (tertiary/aromatic N) is 1. The Morgan fingerprint density at radius 1 is 1.20 bits per heavy atom. The van der Waals surface area contributed by atoms with Crippen LogP contribution in [0.4, 0.5) is 5.69 Å². The van der Waals surface area contributed by atoms with Gasteiger partial charge in [0, 0.05) is 11.9 Å². The van der Waals surface area contributed by atoms with Gasteiger partial charge in [-0.3, -0.25) is 4.98 Å². The first kappa shape index (κ1) is 14.5. The zero-order valence-corrected chi connectivity index (χ0v) is 12.8. The number of thiocarbonyl (C=S) groups is 1. The lowest BCUT2D eigenvalue weighted by atomic mass is 10.1. The van der Waals surface area contributed by atoms with Gasteiger partial charge in [0.05, 0.1) is 11.7 Å². The Labute approximate surface area is 125 Å². The molecule has 20 heavy (non-hydrogen) atoms. The highest BCUT2D eigenvalue weighted by atomic mass is 32.1. The molecule has 0 aliphatic rings. The van der Waals surface area contributed by atoms with Gasteiger partial charge in [-0.25, -0.2) is 0 Å². The monoisotopic (exact) mass is 285 g/mol. The molecule has 104 valence electrons. The summed E-state index contributed by atoms with van der Waals surface area (Å²) in [7, 11) is 0. The van der Waals surface area contributed by atoms with Crippen LogP contribution in [-0.4, -0.2) is 10.1 Å². The maximum absolute atomic E-state index is 5.37. The smallest absolute Gasteiger partial charge is 0.171 e. The van der Waals surface area contributed by atoms with Gasteiger partial charge in [-0.15, -0.1) is 0 Å². The van der Waals surface area contributed by atoms with Crippen LogP contribution in [0.25, 0.3) is 0 Å². The van der Waals surface area contributed by atoms with E-state index in [1.54, 1.807) is 6.20 Å². The van der Waals surface area contributed by atoms with Gasteiger partial charge in [-0.05, 0) is 62.3 Å². The van der Waals surface area contributed by atoms with Crippen molar-refractivity contribution in [1.82, 2.24) is 10.3 Å². The predicted octanol–water partition coefficient (Wildman–Crippen LogP) is 3.75. The summed E-state index contributed by atoms with van der Waals surface area (Å²) in [6.45, 7) is 6.17. The van der Waals surface area contributed by atoms with Gasteiger partial charge in [0.1, 0.15) is 0 Å². The molecule has 1 aromatic heterocycles. The molecule has 0 saturated heterocycles. The summed E-state index contributed by atoms with van der Waals surface area (Å²) >= 11 is 5.37. The van der Waals surface area contributed by atoms with E-state index in [1.807, 2.05) is 25.1 Å². The maximum atomic E-state index is 5.37. The second kappa shape index (κ2) is 6.48. The highest BCUT2D eigenvalue weighted by Gasteiger charge is 2.08. The maximum Gasteiger partial charge on any atom is 0.171 e. The SMILES string of the molecule is Cc1ccc(C)c(NC(=S)N[C@@H](C)c2ccccn2)c1. The third-order valence-electron chi connectivity index (χ3n) is 3.12. The molecular formula is C16H19N3S. The molecule has 2 rings (SSSR count). The highest BCUT2D eigenvalue weighted by Crippen LogP contribution is 2.16. The van der Waals surface area contributed by atoms with Crippen molar-refractivity contribution < 1.29 is 0 Å². The van der Waals surface area contributed by atoms with Crippen molar-refractivity contribution in [3.8, 4) is 0 Å². The van der Waals surface area contributed by atoms with E-state index >= 15 is 0 Å². The van der Waals surface area contributed by atoms with Crippen LogP contribution in [0.5, 0.6) is 0 Å². The van der Waals surface area contributed by atoms with Gasteiger partial charge >= 0.3 is 0 Å². The third kappa shape index (κ3) is 3.78. The first-order valence-corrected chi connectivity index (χ1v) is 7.03. The van der Waals surface area contributed by atoms with Crippen molar-refractivity contribution in [2.75, 3.05) is 5.32 Å².